The number of rotatable bonds is 2. The van der Waals surface area contributed by atoms with Gasteiger partial charge in [-0.2, -0.15) is 0 Å². The molecule has 1 aliphatic heterocycles. The third kappa shape index (κ3) is 2.80. The Morgan fingerprint density at radius 3 is 2.76 bits per heavy atom. The predicted molar refractivity (Wildman–Crippen MR) is 75.4 cm³/mol. The Hall–Kier alpha value is -1.85. The van der Waals surface area contributed by atoms with Gasteiger partial charge in [-0.15, -0.1) is 0 Å². The van der Waals surface area contributed by atoms with Crippen molar-refractivity contribution in [2.75, 3.05) is 20.2 Å². The summed E-state index contributed by atoms with van der Waals surface area (Å²) in [6, 6.07) is 0. The molecule has 6 heteroatoms. The van der Waals surface area contributed by atoms with Gasteiger partial charge in [0.2, 0.25) is 5.91 Å². The minimum absolute atomic E-state index is 0.0487. The SMILES string of the molecule is COC(=O)C1CCN(C(=O)C2CCc3nc[nH]c3C2)CC1. The molecular weight excluding hydrogens is 270 g/mol. The number of carbonyl (C=O) groups excluding carboxylic acids is 2. The first kappa shape index (κ1) is 14.1. The summed E-state index contributed by atoms with van der Waals surface area (Å²) in [5.74, 6) is 0.0673. The number of methoxy groups -OCH3 is 1. The van der Waals surface area contributed by atoms with E-state index < -0.39 is 0 Å². The fourth-order valence-electron chi connectivity index (χ4n) is 3.37. The zero-order valence-corrected chi connectivity index (χ0v) is 12.3. The highest BCUT2D eigenvalue weighted by atomic mass is 16.5. The third-order valence-electron chi connectivity index (χ3n) is 4.68. The van der Waals surface area contributed by atoms with Crippen molar-refractivity contribution in [3.8, 4) is 0 Å². The van der Waals surface area contributed by atoms with Crippen LogP contribution in [-0.4, -0.2) is 46.9 Å². The average Bonchev–Trinajstić information content (AvgIpc) is 3.01. The number of nitrogens with one attached hydrogen (secondary N) is 1. The van der Waals surface area contributed by atoms with Gasteiger partial charge in [0.15, 0.2) is 0 Å². The van der Waals surface area contributed by atoms with Crippen molar-refractivity contribution in [3.63, 3.8) is 0 Å². The molecule has 0 bridgehead atoms. The van der Waals surface area contributed by atoms with Crippen LogP contribution in [0.5, 0.6) is 0 Å². The zero-order chi connectivity index (χ0) is 14.8. The Bertz CT molecular complexity index is 532. The Morgan fingerprint density at radius 1 is 1.29 bits per heavy atom. The number of H-pyrrole nitrogens is 1. The summed E-state index contributed by atoms with van der Waals surface area (Å²) in [5, 5.41) is 0. The molecule has 1 N–H and O–H groups in total. The molecule has 1 unspecified atom stereocenters. The molecule has 0 aromatic carbocycles. The van der Waals surface area contributed by atoms with E-state index in [0.29, 0.717) is 25.9 Å². The van der Waals surface area contributed by atoms with Crippen molar-refractivity contribution in [2.45, 2.75) is 32.1 Å². The van der Waals surface area contributed by atoms with E-state index in [1.165, 1.54) is 7.11 Å². The number of amides is 1. The second kappa shape index (κ2) is 5.87. The number of imidazole rings is 1. The average molecular weight is 291 g/mol. The number of ether oxygens (including phenoxy) is 1. The summed E-state index contributed by atoms with van der Waals surface area (Å²) in [7, 11) is 1.42. The summed E-state index contributed by atoms with van der Waals surface area (Å²) in [5.41, 5.74) is 2.20. The Morgan fingerprint density at radius 2 is 2.05 bits per heavy atom. The number of aromatic nitrogens is 2. The van der Waals surface area contributed by atoms with Crippen molar-refractivity contribution in [2.24, 2.45) is 11.8 Å². The minimum Gasteiger partial charge on any atom is -0.469 e. The van der Waals surface area contributed by atoms with Crippen LogP contribution < -0.4 is 0 Å². The number of piperidine rings is 1. The first-order valence-electron chi connectivity index (χ1n) is 7.56. The van der Waals surface area contributed by atoms with Crippen LogP contribution in [0.15, 0.2) is 6.33 Å². The molecule has 0 radical (unpaired) electrons. The van der Waals surface area contributed by atoms with Gasteiger partial charge < -0.3 is 14.6 Å². The highest BCUT2D eigenvalue weighted by Gasteiger charge is 2.33. The lowest BCUT2D eigenvalue weighted by molar-refractivity contribution is -0.149. The smallest absolute Gasteiger partial charge is 0.308 e. The van der Waals surface area contributed by atoms with E-state index in [9.17, 15) is 9.59 Å². The topological polar surface area (TPSA) is 75.3 Å². The number of hydrogen-bond acceptors (Lipinski definition) is 4. The molecular formula is C15H21N3O3. The van der Waals surface area contributed by atoms with Crippen LogP contribution in [0.2, 0.25) is 0 Å². The molecule has 1 aromatic rings. The van der Waals surface area contributed by atoms with Gasteiger partial charge in [0.25, 0.3) is 0 Å². The molecule has 1 saturated heterocycles. The van der Waals surface area contributed by atoms with Gasteiger partial charge in [0, 0.05) is 31.1 Å². The number of aryl methyl sites for hydroxylation is 1. The molecule has 2 heterocycles. The van der Waals surface area contributed by atoms with E-state index >= 15 is 0 Å². The summed E-state index contributed by atoms with van der Waals surface area (Å²) in [6.45, 7) is 1.32. The molecule has 1 fully saturated rings. The van der Waals surface area contributed by atoms with Crippen molar-refractivity contribution in [1.29, 1.82) is 0 Å². The number of fused-ring (bicyclic) bond motifs is 1. The van der Waals surface area contributed by atoms with E-state index in [1.807, 2.05) is 4.90 Å². The molecule has 2 aliphatic rings. The summed E-state index contributed by atoms with van der Waals surface area (Å²) >= 11 is 0. The van der Waals surface area contributed by atoms with E-state index in [1.54, 1.807) is 6.33 Å². The maximum absolute atomic E-state index is 12.6. The van der Waals surface area contributed by atoms with E-state index in [4.69, 9.17) is 4.74 Å². The molecule has 1 atom stereocenters. The monoisotopic (exact) mass is 291 g/mol. The third-order valence-corrected chi connectivity index (χ3v) is 4.68. The lowest BCUT2D eigenvalue weighted by atomic mass is 9.87. The number of esters is 1. The van der Waals surface area contributed by atoms with Crippen LogP contribution in [0, 0.1) is 11.8 Å². The maximum atomic E-state index is 12.6. The molecule has 6 nitrogen and oxygen atoms in total. The Balaban J connectivity index is 1.57. The Kier molecular flexibility index (Phi) is 3.94. The molecule has 0 saturated carbocycles. The molecule has 1 amide bonds. The van der Waals surface area contributed by atoms with Crippen molar-refractivity contribution in [3.05, 3.63) is 17.7 Å². The maximum Gasteiger partial charge on any atom is 0.308 e. The van der Waals surface area contributed by atoms with E-state index in [2.05, 4.69) is 9.97 Å². The summed E-state index contributed by atoms with van der Waals surface area (Å²) in [4.78, 5) is 33.4. The molecule has 114 valence electrons. The first-order valence-corrected chi connectivity index (χ1v) is 7.56. The molecule has 0 spiro atoms. The van der Waals surface area contributed by atoms with Gasteiger partial charge in [0.05, 0.1) is 25.0 Å². The fourth-order valence-corrected chi connectivity index (χ4v) is 3.37. The normalized spacial score (nSPS) is 22.7. The summed E-state index contributed by atoms with van der Waals surface area (Å²) < 4.78 is 4.78. The summed E-state index contributed by atoms with van der Waals surface area (Å²) in [6.07, 6.45) is 5.62. The van der Waals surface area contributed by atoms with Crippen LogP contribution >= 0.6 is 0 Å². The lowest BCUT2D eigenvalue weighted by Crippen LogP contribution is -2.44. The van der Waals surface area contributed by atoms with Crippen LogP contribution in [0.4, 0.5) is 0 Å². The zero-order valence-electron chi connectivity index (χ0n) is 12.3. The van der Waals surface area contributed by atoms with Gasteiger partial charge in [-0.05, 0) is 25.7 Å². The van der Waals surface area contributed by atoms with E-state index in [0.717, 1.165) is 30.7 Å². The first-order chi connectivity index (χ1) is 10.2. The van der Waals surface area contributed by atoms with Gasteiger partial charge >= 0.3 is 5.97 Å². The largest absolute Gasteiger partial charge is 0.469 e. The minimum atomic E-state index is -0.151. The second-order valence-corrected chi connectivity index (χ2v) is 5.89. The molecule has 1 aliphatic carbocycles. The molecule has 21 heavy (non-hydrogen) atoms. The van der Waals surface area contributed by atoms with Crippen molar-refractivity contribution >= 4 is 11.9 Å². The number of nitrogens with zero attached hydrogens (tertiary/aromatic N) is 2. The van der Waals surface area contributed by atoms with Gasteiger partial charge in [-0.25, -0.2) is 4.98 Å². The van der Waals surface area contributed by atoms with Gasteiger partial charge in [-0.1, -0.05) is 0 Å². The number of hydrogen-bond donors (Lipinski definition) is 1. The lowest BCUT2D eigenvalue weighted by Gasteiger charge is -2.34. The standard InChI is InChI=1S/C15H21N3O3/c1-21-15(20)10-4-6-18(7-5-10)14(19)11-2-3-12-13(8-11)17-9-16-12/h9-11H,2-8H2,1H3,(H,16,17). The van der Waals surface area contributed by atoms with Gasteiger partial charge in [-0.3, -0.25) is 9.59 Å². The Labute approximate surface area is 123 Å². The van der Waals surface area contributed by atoms with Crippen LogP contribution in [0.25, 0.3) is 0 Å². The number of aromatic amines is 1. The van der Waals surface area contributed by atoms with Crippen molar-refractivity contribution in [1.82, 2.24) is 14.9 Å². The quantitative estimate of drug-likeness (QED) is 0.822. The highest BCUT2D eigenvalue weighted by molar-refractivity contribution is 5.80. The van der Waals surface area contributed by atoms with Crippen LogP contribution in [0.1, 0.15) is 30.7 Å². The van der Waals surface area contributed by atoms with Crippen LogP contribution in [0.3, 0.4) is 0 Å². The fraction of sp³-hybridized carbons (Fsp3) is 0.667. The second-order valence-electron chi connectivity index (χ2n) is 5.89. The van der Waals surface area contributed by atoms with Gasteiger partial charge in [0.1, 0.15) is 0 Å². The van der Waals surface area contributed by atoms with E-state index in [-0.39, 0.29) is 23.7 Å². The number of carbonyl (C=O) groups is 2. The predicted octanol–water partition coefficient (Wildman–Crippen LogP) is 0.926. The van der Waals surface area contributed by atoms with Crippen molar-refractivity contribution < 1.29 is 14.3 Å². The number of likely N-dealkylation sites (tertiary alicyclic amines) is 1. The molecule has 1 aromatic heterocycles. The van der Waals surface area contributed by atoms with Crippen LogP contribution in [-0.2, 0) is 27.2 Å². The molecule has 3 rings (SSSR count). The highest BCUT2D eigenvalue weighted by Crippen LogP contribution is 2.26.